The summed E-state index contributed by atoms with van der Waals surface area (Å²) in [4.78, 5) is 0. The zero-order chi connectivity index (χ0) is 8.81. The molecule has 0 saturated carbocycles. The minimum absolute atomic E-state index is 1.04. The van der Waals surface area contributed by atoms with E-state index in [0.717, 1.165) is 19.5 Å². The predicted molar refractivity (Wildman–Crippen MR) is 59.1 cm³/mol. The largest absolute Gasteiger partial charge is 0.377 e. The average molecular weight is 249 g/mol. The smallest absolute Gasteiger partial charge is 0.0894 e. The van der Waals surface area contributed by atoms with Crippen molar-refractivity contribution in [3.8, 4) is 0 Å². The molecule has 2 N–H and O–H groups in total. The Kier molecular flexibility index (Phi) is 4.65. The molecule has 0 radical (unpaired) electrons. The summed E-state index contributed by atoms with van der Waals surface area (Å²) in [5.41, 5.74) is 0. The van der Waals surface area contributed by atoms with Gasteiger partial charge in [-0.3, -0.25) is 0 Å². The molecule has 1 heterocycles. The average Bonchev–Trinajstić information content (AvgIpc) is 2.45. The van der Waals surface area contributed by atoms with Gasteiger partial charge in [0.25, 0.3) is 0 Å². The Hall–Kier alpha value is -0.0600. The number of thiophene rings is 1. The van der Waals surface area contributed by atoms with Gasteiger partial charge in [0.1, 0.15) is 0 Å². The maximum Gasteiger partial charge on any atom is 0.0894 e. The van der Waals surface area contributed by atoms with Crippen LogP contribution in [0.15, 0.2) is 15.9 Å². The minimum atomic E-state index is 1.04. The molecular formula is C8H13BrN2S. The Bertz CT molecular complexity index is 225. The first-order valence-corrected chi connectivity index (χ1v) is 5.57. The number of rotatable bonds is 5. The van der Waals surface area contributed by atoms with E-state index in [1.807, 2.05) is 7.05 Å². The van der Waals surface area contributed by atoms with Crippen molar-refractivity contribution in [1.29, 1.82) is 0 Å². The molecule has 0 spiro atoms. The summed E-state index contributed by atoms with van der Waals surface area (Å²) in [6.07, 6.45) is 1.16. The molecule has 0 aliphatic carbocycles. The summed E-state index contributed by atoms with van der Waals surface area (Å²) >= 11 is 5.15. The Balaban J connectivity index is 2.15. The molecule has 4 heteroatoms. The molecule has 0 unspecified atom stereocenters. The van der Waals surface area contributed by atoms with E-state index in [1.54, 1.807) is 11.3 Å². The molecule has 1 aromatic rings. The van der Waals surface area contributed by atoms with Crippen LogP contribution < -0.4 is 10.6 Å². The first-order valence-electron chi connectivity index (χ1n) is 3.97. The number of halogens is 1. The van der Waals surface area contributed by atoms with Crippen LogP contribution in [0.5, 0.6) is 0 Å². The number of hydrogen-bond acceptors (Lipinski definition) is 3. The molecule has 12 heavy (non-hydrogen) atoms. The molecule has 1 rings (SSSR count). The first-order chi connectivity index (χ1) is 5.83. The summed E-state index contributed by atoms with van der Waals surface area (Å²) in [5.74, 6) is 0. The van der Waals surface area contributed by atoms with Crippen LogP contribution in [0.1, 0.15) is 6.42 Å². The maximum absolute atomic E-state index is 3.42. The second kappa shape index (κ2) is 5.56. The molecule has 0 fully saturated rings. The van der Waals surface area contributed by atoms with Gasteiger partial charge in [-0.05, 0) is 48.1 Å². The SMILES string of the molecule is CNCCCNc1ccc(Br)s1. The summed E-state index contributed by atoms with van der Waals surface area (Å²) in [5, 5.41) is 7.70. The highest BCUT2D eigenvalue weighted by Crippen LogP contribution is 2.26. The van der Waals surface area contributed by atoms with E-state index in [2.05, 4.69) is 38.7 Å². The first kappa shape index (κ1) is 10.0. The second-order valence-electron chi connectivity index (χ2n) is 2.49. The Labute approximate surface area is 85.5 Å². The third kappa shape index (κ3) is 3.56. The third-order valence-electron chi connectivity index (χ3n) is 1.48. The van der Waals surface area contributed by atoms with Crippen molar-refractivity contribution in [3.63, 3.8) is 0 Å². The van der Waals surface area contributed by atoms with Crippen molar-refractivity contribution in [2.24, 2.45) is 0 Å². The van der Waals surface area contributed by atoms with Crippen LogP contribution >= 0.6 is 27.3 Å². The van der Waals surface area contributed by atoms with Gasteiger partial charge in [0.05, 0.1) is 8.79 Å². The van der Waals surface area contributed by atoms with Crippen molar-refractivity contribution in [3.05, 3.63) is 15.9 Å². The van der Waals surface area contributed by atoms with Gasteiger partial charge in [-0.1, -0.05) is 0 Å². The molecule has 0 aliphatic rings. The molecule has 0 amide bonds. The fourth-order valence-corrected chi connectivity index (χ4v) is 2.20. The van der Waals surface area contributed by atoms with E-state index in [1.165, 1.54) is 8.79 Å². The van der Waals surface area contributed by atoms with Gasteiger partial charge >= 0.3 is 0 Å². The molecule has 0 saturated heterocycles. The highest BCUT2D eigenvalue weighted by molar-refractivity contribution is 9.11. The van der Waals surface area contributed by atoms with E-state index in [4.69, 9.17) is 0 Å². The van der Waals surface area contributed by atoms with Crippen molar-refractivity contribution < 1.29 is 0 Å². The molecule has 0 atom stereocenters. The lowest BCUT2D eigenvalue weighted by molar-refractivity contribution is 0.749. The lowest BCUT2D eigenvalue weighted by atomic mass is 10.4. The van der Waals surface area contributed by atoms with Crippen LogP contribution in [0.3, 0.4) is 0 Å². The van der Waals surface area contributed by atoms with Gasteiger partial charge in [0, 0.05) is 6.54 Å². The normalized spacial score (nSPS) is 10.2. The lowest BCUT2D eigenvalue weighted by Crippen LogP contribution is -2.12. The van der Waals surface area contributed by atoms with E-state index < -0.39 is 0 Å². The number of nitrogens with one attached hydrogen (secondary N) is 2. The fourth-order valence-electron chi connectivity index (χ4n) is 0.886. The summed E-state index contributed by atoms with van der Waals surface area (Å²) < 4.78 is 1.18. The van der Waals surface area contributed by atoms with Crippen molar-refractivity contribution in [1.82, 2.24) is 5.32 Å². The van der Waals surface area contributed by atoms with E-state index >= 15 is 0 Å². The summed E-state index contributed by atoms with van der Waals surface area (Å²) in [6.45, 7) is 2.10. The standard InChI is InChI=1S/C8H13BrN2S/c1-10-5-2-6-11-8-4-3-7(9)12-8/h3-4,10-11H,2,5-6H2,1H3. The molecule has 0 bridgehead atoms. The lowest BCUT2D eigenvalue weighted by Gasteiger charge is -2.01. The van der Waals surface area contributed by atoms with Gasteiger partial charge in [-0.15, -0.1) is 11.3 Å². The van der Waals surface area contributed by atoms with Crippen LogP contribution in [0.25, 0.3) is 0 Å². The van der Waals surface area contributed by atoms with E-state index in [0.29, 0.717) is 0 Å². The molecule has 1 aromatic heterocycles. The minimum Gasteiger partial charge on any atom is -0.377 e. The van der Waals surface area contributed by atoms with Crippen LogP contribution in [0.4, 0.5) is 5.00 Å². The Morgan fingerprint density at radius 3 is 2.83 bits per heavy atom. The van der Waals surface area contributed by atoms with E-state index in [-0.39, 0.29) is 0 Å². The molecule has 0 aromatic carbocycles. The zero-order valence-electron chi connectivity index (χ0n) is 7.06. The fraction of sp³-hybridized carbons (Fsp3) is 0.500. The van der Waals surface area contributed by atoms with Crippen LogP contribution in [-0.4, -0.2) is 20.1 Å². The van der Waals surface area contributed by atoms with Crippen LogP contribution in [0.2, 0.25) is 0 Å². The maximum atomic E-state index is 3.42. The van der Waals surface area contributed by atoms with Gasteiger partial charge in [-0.2, -0.15) is 0 Å². The monoisotopic (exact) mass is 248 g/mol. The Morgan fingerprint density at radius 2 is 2.25 bits per heavy atom. The van der Waals surface area contributed by atoms with Crippen molar-refractivity contribution in [2.45, 2.75) is 6.42 Å². The van der Waals surface area contributed by atoms with E-state index in [9.17, 15) is 0 Å². The Morgan fingerprint density at radius 1 is 1.42 bits per heavy atom. The predicted octanol–water partition coefficient (Wildman–Crippen LogP) is 2.53. The van der Waals surface area contributed by atoms with Crippen LogP contribution in [0, 0.1) is 0 Å². The number of hydrogen-bond donors (Lipinski definition) is 2. The third-order valence-corrected chi connectivity index (χ3v) is 3.06. The summed E-state index contributed by atoms with van der Waals surface area (Å²) in [6, 6.07) is 4.15. The van der Waals surface area contributed by atoms with Gasteiger partial charge in [0.2, 0.25) is 0 Å². The molecular weight excluding hydrogens is 236 g/mol. The molecule has 0 aliphatic heterocycles. The topological polar surface area (TPSA) is 24.1 Å². The molecule has 68 valence electrons. The van der Waals surface area contributed by atoms with Crippen LogP contribution in [-0.2, 0) is 0 Å². The highest BCUT2D eigenvalue weighted by atomic mass is 79.9. The second-order valence-corrected chi connectivity index (χ2v) is 4.95. The van der Waals surface area contributed by atoms with Gasteiger partial charge in [-0.25, -0.2) is 0 Å². The quantitative estimate of drug-likeness (QED) is 0.783. The van der Waals surface area contributed by atoms with Gasteiger partial charge < -0.3 is 10.6 Å². The van der Waals surface area contributed by atoms with Crippen molar-refractivity contribution >= 4 is 32.3 Å². The van der Waals surface area contributed by atoms with Crippen molar-refractivity contribution in [2.75, 3.05) is 25.5 Å². The highest BCUT2D eigenvalue weighted by Gasteiger charge is 1.94. The molecule has 2 nitrogen and oxygen atoms in total. The zero-order valence-corrected chi connectivity index (χ0v) is 9.46. The number of anilines is 1. The van der Waals surface area contributed by atoms with Gasteiger partial charge in [0.15, 0.2) is 0 Å². The summed E-state index contributed by atoms with van der Waals surface area (Å²) in [7, 11) is 1.97.